The van der Waals surface area contributed by atoms with E-state index < -0.39 is 17.5 Å². The summed E-state index contributed by atoms with van der Waals surface area (Å²) in [6.07, 6.45) is 0. The lowest BCUT2D eigenvalue weighted by Crippen LogP contribution is -2.36. The van der Waals surface area contributed by atoms with Gasteiger partial charge in [-0.1, -0.05) is 48.0 Å². The Balaban J connectivity index is 1.59. The average molecular weight is 546 g/mol. The Morgan fingerprint density at radius 2 is 1.23 bits per heavy atom. The van der Waals surface area contributed by atoms with Crippen LogP contribution in [0.25, 0.3) is 0 Å². The van der Waals surface area contributed by atoms with Crippen LogP contribution in [-0.2, 0) is 0 Å². The van der Waals surface area contributed by atoms with Gasteiger partial charge in [-0.25, -0.2) is 13.2 Å². The lowest BCUT2D eigenvalue weighted by Gasteiger charge is -2.30. The lowest BCUT2D eigenvalue weighted by molar-refractivity contribution is 0.627. The number of halogens is 4. The van der Waals surface area contributed by atoms with Crippen molar-refractivity contribution >= 4 is 51.4 Å². The molecule has 5 aromatic carbocycles. The van der Waals surface area contributed by atoms with E-state index in [4.69, 9.17) is 11.6 Å². The maximum Gasteiger partial charge on any atom is 0.146 e. The van der Waals surface area contributed by atoms with Crippen LogP contribution in [0.3, 0.4) is 0 Å². The molecule has 0 aromatic heterocycles. The molecule has 0 spiro atoms. The van der Waals surface area contributed by atoms with Crippen molar-refractivity contribution < 1.29 is 13.2 Å². The zero-order valence-electron chi connectivity index (χ0n) is 20.4. The van der Waals surface area contributed by atoms with Crippen molar-refractivity contribution in [3.8, 4) is 0 Å². The molecule has 0 radical (unpaired) electrons. The van der Waals surface area contributed by atoms with Gasteiger partial charge in [0.2, 0.25) is 0 Å². The zero-order valence-corrected chi connectivity index (χ0v) is 21.2. The van der Waals surface area contributed by atoms with Crippen LogP contribution in [0, 0.1) is 17.5 Å². The van der Waals surface area contributed by atoms with Gasteiger partial charge in [0.1, 0.15) is 23.1 Å². The number of rotatable bonds is 9. The Morgan fingerprint density at radius 1 is 0.538 bits per heavy atom. The highest BCUT2D eigenvalue weighted by Crippen LogP contribution is 2.42. The fraction of sp³-hybridized carbons (Fsp3) is 0. The molecule has 0 saturated heterocycles. The van der Waals surface area contributed by atoms with E-state index in [9.17, 15) is 13.2 Å². The molecule has 0 amide bonds. The largest absolute Gasteiger partial charge is 0.354 e. The summed E-state index contributed by atoms with van der Waals surface area (Å²) >= 11 is 6.99. The Hall–Kier alpha value is -4.82. The van der Waals surface area contributed by atoms with E-state index in [1.807, 2.05) is 30.3 Å². The SMILES string of the molecule is Fc1ccc(NN(Nc2cccc(F)c2)c2ccc(Nc3ccccc3)c(Nc3ccccc3F)c2Cl)cc1. The van der Waals surface area contributed by atoms with Crippen LogP contribution in [0.5, 0.6) is 0 Å². The standard InChI is InChI=1S/C30H23ClF3N5/c31-29-28(39(37-23-15-13-20(32)14-16-23)38-24-10-6-7-21(33)19-24)18-17-27(35-22-8-2-1-3-9-22)30(29)36-26-12-5-4-11-25(26)34/h1-19,35-38H. The molecule has 0 aliphatic rings. The summed E-state index contributed by atoms with van der Waals surface area (Å²) in [6.45, 7) is 0. The monoisotopic (exact) mass is 545 g/mol. The summed E-state index contributed by atoms with van der Waals surface area (Å²) in [7, 11) is 0. The van der Waals surface area contributed by atoms with Gasteiger partial charge in [-0.15, -0.1) is 0 Å². The molecule has 5 aromatic rings. The van der Waals surface area contributed by atoms with E-state index in [0.717, 1.165) is 5.69 Å². The number of nitrogens with zero attached hydrogens (tertiary/aromatic N) is 1. The predicted molar refractivity (Wildman–Crippen MR) is 153 cm³/mol. The highest BCUT2D eigenvalue weighted by molar-refractivity contribution is 6.37. The third-order valence-corrected chi connectivity index (χ3v) is 6.08. The average Bonchev–Trinajstić information content (AvgIpc) is 2.93. The predicted octanol–water partition coefficient (Wildman–Crippen LogP) is 9.11. The van der Waals surface area contributed by atoms with Gasteiger partial charge in [-0.3, -0.25) is 10.9 Å². The molecule has 0 heterocycles. The Labute approximate surface area is 228 Å². The van der Waals surface area contributed by atoms with E-state index >= 15 is 0 Å². The molecule has 196 valence electrons. The smallest absolute Gasteiger partial charge is 0.146 e. The Bertz CT molecular complexity index is 1570. The molecule has 5 rings (SSSR count). The van der Waals surface area contributed by atoms with Crippen molar-refractivity contribution in [2.45, 2.75) is 0 Å². The van der Waals surface area contributed by atoms with Crippen LogP contribution in [0.2, 0.25) is 5.02 Å². The molecule has 0 atom stereocenters. The first-order valence-corrected chi connectivity index (χ1v) is 12.3. The van der Waals surface area contributed by atoms with E-state index in [-0.39, 0.29) is 10.7 Å². The Kier molecular flexibility index (Phi) is 7.75. The summed E-state index contributed by atoms with van der Waals surface area (Å²) in [4.78, 5) is 0. The van der Waals surface area contributed by atoms with E-state index in [1.165, 1.54) is 35.4 Å². The first-order valence-electron chi connectivity index (χ1n) is 12.0. The van der Waals surface area contributed by atoms with Gasteiger partial charge in [0.25, 0.3) is 0 Å². The molecule has 0 aliphatic heterocycles. The Morgan fingerprint density at radius 3 is 1.97 bits per heavy atom. The second-order valence-corrected chi connectivity index (χ2v) is 8.87. The third-order valence-electron chi connectivity index (χ3n) is 5.70. The summed E-state index contributed by atoms with van der Waals surface area (Å²) < 4.78 is 42.2. The van der Waals surface area contributed by atoms with Crippen molar-refractivity contribution in [2.75, 3.05) is 26.6 Å². The van der Waals surface area contributed by atoms with Crippen LogP contribution >= 0.6 is 11.6 Å². The van der Waals surface area contributed by atoms with Gasteiger partial charge in [0.15, 0.2) is 0 Å². The minimum atomic E-state index is -0.455. The fourth-order valence-electron chi connectivity index (χ4n) is 3.83. The van der Waals surface area contributed by atoms with Crippen molar-refractivity contribution in [2.24, 2.45) is 0 Å². The van der Waals surface area contributed by atoms with Crippen LogP contribution in [0.15, 0.2) is 115 Å². The summed E-state index contributed by atoms with van der Waals surface area (Å²) in [6, 6.07) is 30.8. The number of hydrazine groups is 2. The molecule has 0 aliphatic carbocycles. The van der Waals surface area contributed by atoms with Gasteiger partial charge >= 0.3 is 0 Å². The van der Waals surface area contributed by atoms with Crippen molar-refractivity contribution in [3.05, 3.63) is 138 Å². The van der Waals surface area contributed by atoms with E-state index in [0.29, 0.717) is 28.4 Å². The molecule has 0 unspecified atom stereocenters. The first kappa shape index (κ1) is 25.8. The number of para-hydroxylation sites is 2. The van der Waals surface area contributed by atoms with E-state index in [2.05, 4.69) is 21.5 Å². The molecular weight excluding hydrogens is 523 g/mol. The first-order chi connectivity index (χ1) is 19.0. The number of hydrogen-bond acceptors (Lipinski definition) is 5. The highest BCUT2D eigenvalue weighted by Gasteiger charge is 2.19. The molecule has 5 nitrogen and oxygen atoms in total. The number of benzene rings is 5. The number of nitrogens with one attached hydrogen (secondary N) is 4. The molecular formula is C30H23ClF3N5. The van der Waals surface area contributed by atoms with Crippen molar-refractivity contribution in [1.82, 2.24) is 0 Å². The quantitative estimate of drug-likeness (QED) is 0.139. The molecule has 4 N–H and O–H groups in total. The minimum Gasteiger partial charge on any atom is -0.354 e. The number of anilines is 7. The van der Waals surface area contributed by atoms with Crippen LogP contribution in [0.1, 0.15) is 0 Å². The zero-order chi connectivity index (χ0) is 27.2. The van der Waals surface area contributed by atoms with E-state index in [1.54, 1.807) is 54.6 Å². The van der Waals surface area contributed by atoms with Crippen LogP contribution in [0.4, 0.5) is 53.0 Å². The molecule has 0 saturated carbocycles. The normalized spacial score (nSPS) is 10.6. The van der Waals surface area contributed by atoms with Gasteiger partial charge < -0.3 is 10.6 Å². The van der Waals surface area contributed by atoms with Crippen molar-refractivity contribution in [3.63, 3.8) is 0 Å². The molecule has 0 fully saturated rings. The van der Waals surface area contributed by atoms with Gasteiger partial charge in [0.05, 0.1) is 33.5 Å². The van der Waals surface area contributed by atoms with Gasteiger partial charge in [-0.2, -0.15) is 5.12 Å². The van der Waals surface area contributed by atoms with Gasteiger partial charge in [-0.05, 0) is 78.9 Å². The lowest BCUT2D eigenvalue weighted by atomic mass is 10.2. The topological polar surface area (TPSA) is 51.4 Å². The van der Waals surface area contributed by atoms with Crippen LogP contribution < -0.4 is 26.6 Å². The minimum absolute atomic E-state index is 0.220. The summed E-state index contributed by atoms with van der Waals surface area (Å²) in [5.74, 6) is -1.28. The van der Waals surface area contributed by atoms with Crippen LogP contribution in [-0.4, -0.2) is 0 Å². The molecule has 9 heteroatoms. The maximum absolute atomic E-state index is 14.6. The highest BCUT2D eigenvalue weighted by atomic mass is 35.5. The molecule has 0 bridgehead atoms. The second kappa shape index (κ2) is 11.7. The fourth-order valence-corrected chi connectivity index (χ4v) is 4.12. The van der Waals surface area contributed by atoms with Gasteiger partial charge in [0, 0.05) is 5.69 Å². The third kappa shape index (κ3) is 6.37. The summed E-state index contributed by atoms with van der Waals surface area (Å²) in [5, 5.41) is 8.12. The summed E-state index contributed by atoms with van der Waals surface area (Å²) in [5.41, 5.74) is 9.62. The number of hydrogen-bond donors (Lipinski definition) is 4. The second-order valence-electron chi connectivity index (χ2n) is 8.49. The van der Waals surface area contributed by atoms with Crippen molar-refractivity contribution in [1.29, 1.82) is 0 Å². The molecule has 39 heavy (non-hydrogen) atoms. The maximum atomic E-state index is 14.6.